The molecule has 0 rings (SSSR count). The third kappa shape index (κ3) is 11.4. The van der Waals surface area contributed by atoms with Crippen LogP contribution in [0.3, 0.4) is 0 Å². The Kier molecular flexibility index (Phi) is 11.7. The Morgan fingerprint density at radius 3 is 2.50 bits per heavy atom. The minimum Gasteiger partial charge on any atom is -0.463 e. The molecule has 0 bridgehead atoms. The molecule has 104 valence electrons. The van der Waals surface area contributed by atoms with Gasteiger partial charge in [0.05, 0.1) is 0 Å². The standard InChI is InChI=1S/C16H28O2/c1-4-6-8-9-10-11-12-14-16(13-7-5-2)18-15(3)17/h4,6,9-10,16H,5,7-8,11-14H2,1-3H3. The topological polar surface area (TPSA) is 26.3 Å². The van der Waals surface area contributed by atoms with Crippen molar-refractivity contribution in [3.05, 3.63) is 24.3 Å². The zero-order valence-corrected chi connectivity index (χ0v) is 12.2. The van der Waals surface area contributed by atoms with Crippen molar-refractivity contribution >= 4 is 5.97 Å². The zero-order chi connectivity index (χ0) is 13.6. The predicted molar refractivity (Wildman–Crippen MR) is 77.5 cm³/mol. The summed E-state index contributed by atoms with van der Waals surface area (Å²) in [4.78, 5) is 11.0. The Bertz CT molecular complexity index is 254. The van der Waals surface area contributed by atoms with Gasteiger partial charge in [0.15, 0.2) is 0 Å². The second-order valence-electron chi connectivity index (χ2n) is 4.58. The van der Waals surface area contributed by atoms with Gasteiger partial charge < -0.3 is 4.74 Å². The molecule has 0 heterocycles. The first-order chi connectivity index (χ1) is 8.70. The van der Waals surface area contributed by atoms with E-state index in [-0.39, 0.29) is 12.1 Å². The van der Waals surface area contributed by atoms with Crippen molar-refractivity contribution in [3.8, 4) is 0 Å². The van der Waals surface area contributed by atoms with Crippen molar-refractivity contribution in [1.29, 1.82) is 0 Å². The van der Waals surface area contributed by atoms with Gasteiger partial charge in [-0.3, -0.25) is 4.79 Å². The summed E-state index contributed by atoms with van der Waals surface area (Å²) in [7, 11) is 0. The van der Waals surface area contributed by atoms with Crippen molar-refractivity contribution in [2.24, 2.45) is 0 Å². The van der Waals surface area contributed by atoms with Crippen LogP contribution in [0.2, 0.25) is 0 Å². The summed E-state index contributed by atoms with van der Waals surface area (Å²) in [6, 6.07) is 0. The van der Waals surface area contributed by atoms with E-state index in [0.717, 1.165) is 44.9 Å². The van der Waals surface area contributed by atoms with E-state index in [1.807, 2.05) is 6.92 Å². The molecule has 0 fully saturated rings. The van der Waals surface area contributed by atoms with E-state index in [1.54, 1.807) is 0 Å². The number of esters is 1. The molecule has 1 unspecified atom stereocenters. The lowest BCUT2D eigenvalue weighted by molar-refractivity contribution is -0.147. The molecule has 0 aromatic rings. The largest absolute Gasteiger partial charge is 0.463 e. The highest BCUT2D eigenvalue weighted by Gasteiger charge is 2.10. The van der Waals surface area contributed by atoms with E-state index in [9.17, 15) is 4.79 Å². The highest BCUT2D eigenvalue weighted by atomic mass is 16.5. The smallest absolute Gasteiger partial charge is 0.302 e. The Balaban J connectivity index is 3.73. The molecule has 1 atom stereocenters. The Morgan fingerprint density at radius 1 is 1.17 bits per heavy atom. The lowest BCUT2D eigenvalue weighted by atomic mass is 10.1. The summed E-state index contributed by atoms with van der Waals surface area (Å²) in [6.07, 6.45) is 16.2. The van der Waals surface area contributed by atoms with Crippen LogP contribution >= 0.6 is 0 Å². The molecule has 0 radical (unpaired) electrons. The molecule has 0 spiro atoms. The number of allylic oxidation sites excluding steroid dienone is 4. The molecule has 0 N–H and O–H groups in total. The molecule has 0 aromatic carbocycles. The molecule has 0 saturated carbocycles. The summed E-state index contributed by atoms with van der Waals surface area (Å²) in [5.74, 6) is -0.153. The number of ether oxygens (including phenoxy) is 1. The second kappa shape index (κ2) is 12.4. The highest BCUT2D eigenvalue weighted by molar-refractivity contribution is 5.66. The fourth-order valence-corrected chi connectivity index (χ4v) is 1.82. The van der Waals surface area contributed by atoms with Crippen LogP contribution in [0.15, 0.2) is 24.3 Å². The molecular formula is C16H28O2. The van der Waals surface area contributed by atoms with Crippen LogP contribution in [0.5, 0.6) is 0 Å². The number of rotatable bonds is 10. The van der Waals surface area contributed by atoms with Crippen LogP contribution in [0.4, 0.5) is 0 Å². The fraction of sp³-hybridized carbons (Fsp3) is 0.688. The van der Waals surface area contributed by atoms with Gasteiger partial charge >= 0.3 is 5.97 Å². The van der Waals surface area contributed by atoms with Crippen LogP contribution in [0.25, 0.3) is 0 Å². The van der Waals surface area contributed by atoms with Crippen LogP contribution in [0, 0.1) is 0 Å². The van der Waals surface area contributed by atoms with Gasteiger partial charge in [0.1, 0.15) is 6.10 Å². The van der Waals surface area contributed by atoms with Crippen molar-refractivity contribution in [3.63, 3.8) is 0 Å². The van der Waals surface area contributed by atoms with E-state index in [2.05, 4.69) is 31.2 Å². The summed E-state index contributed by atoms with van der Waals surface area (Å²) < 4.78 is 5.32. The molecule has 0 saturated heterocycles. The molecule has 18 heavy (non-hydrogen) atoms. The second-order valence-corrected chi connectivity index (χ2v) is 4.58. The lowest BCUT2D eigenvalue weighted by Crippen LogP contribution is -2.16. The van der Waals surface area contributed by atoms with Gasteiger partial charge in [-0.25, -0.2) is 0 Å². The van der Waals surface area contributed by atoms with Gasteiger partial charge in [0, 0.05) is 6.92 Å². The molecular weight excluding hydrogens is 224 g/mol. The van der Waals surface area contributed by atoms with Crippen molar-refractivity contribution in [1.82, 2.24) is 0 Å². The first kappa shape index (κ1) is 16.9. The highest BCUT2D eigenvalue weighted by Crippen LogP contribution is 2.13. The first-order valence-electron chi connectivity index (χ1n) is 7.14. The van der Waals surface area contributed by atoms with Gasteiger partial charge in [0.25, 0.3) is 0 Å². The van der Waals surface area contributed by atoms with E-state index in [0.29, 0.717) is 0 Å². The van der Waals surface area contributed by atoms with Gasteiger partial charge in [-0.2, -0.15) is 0 Å². The Hall–Kier alpha value is -1.05. The molecule has 0 aliphatic heterocycles. The third-order valence-corrected chi connectivity index (χ3v) is 2.78. The number of hydrogen-bond acceptors (Lipinski definition) is 2. The van der Waals surface area contributed by atoms with E-state index in [4.69, 9.17) is 4.74 Å². The normalized spacial score (nSPS) is 13.3. The van der Waals surface area contributed by atoms with Crippen molar-refractivity contribution < 1.29 is 9.53 Å². The number of unbranched alkanes of at least 4 members (excludes halogenated alkanes) is 2. The third-order valence-electron chi connectivity index (χ3n) is 2.78. The molecule has 2 heteroatoms. The summed E-state index contributed by atoms with van der Waals surface area (Å²) in [5, 5.41) is 0. The first-order valence-corrected chi connectivity index (χ1v) is 7.14. The minimum absolute atomic E-state index is 0.117. The summed E-state index contributed by atoms with van der Waals surface area (Å²) >= 11 is 0. The number of carbonyl (C=O) groups excluding carboxylic acids is 1. The monoisotopic (exact) mass is 252 g/mol. The van der Waals surface area contributed by atoms with Crippen molar-refractivity contribution in [2.75, 3.05) is 0 Å². The average molecular weight is 252 g/mol. The van der Waals surface area contributed by atoms with Crippen molar-refractivity contribution in [2.45, 2.75) is 71.8 Å². The molecule has 0 amide bonds. The molecule has 0 aromatic heterocycles. The number of hydrogen-bond donors (Lipinski definition) is 0. The minimum atomic E-state index is -0.153. The SMILES string of the molecule is CC=CCC=CCCCC(CCCC)OC(C)=O. The van der Waals surface area contributed by atoms with Gasteiger partial charge in [0.2, 0.25) is 0 Å². The van der Waals surface area contributed by atoms with E-state index in [1.165, 1.54) is 6.92 Å². The van der Waals surface area contributed by atoms with Gasteiger partial charge in [-0.1, -0.05) is 44.1 Å². The van der Waals surface area contributed by atoms with Gasteiger partial charge in [-0.05, 0) is 39.0 Å². The summed E-state index contributed by atoms with van der Waals surface area (Å²) in [6.45, 7) is 5.69. The fourth-order valence-electron chi connectivity index (χ4n) is 1.82. The number of carbonyl (C=O) groups is 1. The predicted octanol–water partition coefficient (Wildman–Crippen LogP) is 4.80. The zero-order valence-electron chi connectivity index (χ0n) is 12.2. The van der Waals surface area contributed by atoms with Crippen LogP contribution < -0.4 is 0 Å². The Morgan fingerprint density at radius 2 is 1.89 bits per heavy atom. The van der Waals surface area contributed by atoms with Crippen LogP contribution in [-0.4, -0.2) is 12.1 Å². The molecule has 0 aliphatic carbocycles. The molecule has 2 nitrogen and oxygen atoms in total. The van der Waals surface area contributed by atoms with E-state index >= 15 is 0 Å². The lowest BCUT2D eigenvalue weighted by Gasteiger charge is -2.16. The summed E-state index contributed by atoms with van der Waals surface area (Å²) in [5.41, 5.74) is 0. The van der Waals surface area contributed by atoms with Gasteiger partial charge in [-0.15, -0.1) is 0 Å². The quantitative estimate of drug-likeness (QED) is 0.317. The maximum Gasteiger partial charge on any atom is 0.302 e. The molecule has 0 aliphatic rings. The van der Waals surface area contributed by atoms with Crippen LogP contribution in [-0.2, 0) is 9.53 Å². The maximum atomic E-state index is 11.0. The average Bonchev–Trinajstić information content (AvgIpc) is 2.34. The maximum absolute atomic E-state index is 11.0. The van der Waals surface area contributed by atoms with E-state index < -0.39 is 0 Å². The van der Waals surface area contributed by atoms with Crippen LogP contribution in [0.1, 0.15) is 65.7 Å². The Labute approximate surface area is 112 Å².